The van der Waals surface area contributed by atoms with Crippen molar-refractivity contribution < 1.29 is 13.2 Å². The molecule has 0 N–H and O–H groups in total. The van der Waals surface area contributed by atoms with Crippen LogP contribution in [0.5, 0.6) is 0 Å². The van der Waals surface area contributed by atoms with Crippen molar-refractivity contribution in [1.29, 1.82) is 0 Å². The molecule has 0 aliphatic carbocycles. The lowest BCUT2D eigenvalue weighted by Crippen LogP contribution is -2.04. The number of alkyl halides is 3. The van der Waals surface area contributed by atoms with Crippen LogP contribution >= 0.6 is 0 Å². The molecule has 1 heterocycles. The molecule has 1 nitrogen and oxygen atoms in total. The maximum Gasteiger partial charge on any atom is 0.416 e. The largest absolute Gasteiger partial charge is 0.416 e. The SMILES string of the molecule is FC(F)(F)c1cccc(-c2cccnc2)c1. The summed E-state index contributed by atoms with van der Waals surface area (Å²) >= 11 is 0. The minimum absolute atomic E-state index is 0.517. The van der Waals surface area contributed by atoms with Crippen molar-refractivity contribution in [1.82, 2.24) is 4.98 Å². The molecule has 2 rings (SSSR count). The van der Waals surface area contributed by atoms with Crippen LogP contribution in [0.25, 0.3) is 11.1 Å². The van der Waals surface area contributed by atoms with Gasteiger partial charge in [-0.15, -0.1) is 0 Å². The minimum Gasteiger partial charge on any atom is -0.264 e. The lowest BCUT2D eigenvalue weighted by atomic mass is 10.0. The van der Waals surface area contributed by atoms with Gasteiger partial charge in [0.15, 0.2) is 0 Å². The molecule has 0 unspecified atom stereocenters. The molecule has 0 saturated heterocycles. The maximum absolute atomic E-state index is 12.5. The summed E-state index contributed by atoms with van der Waals surface area (Å²) < 4.78 is 37.4. The molecule has 1 aromatic heterocycles. The molecule has 0 spiro atoms. The number of nitrogens with zero attached hydrogens (tertiary/aromatic N) is 1. The van der Waals surface area contributed by atoms with E-state index in [0.717, 1.165) is 12.1 Å². The lowest BCUT2D eigenvalue weighted by Gasteiger charge is -2.08. The third kappa shape index (κ3) is 2.21. The van der Waals surface area contributed by atoms with Gasteiger partial charge in [-0.3, -0.25) is 4.98 Å². The fraction of sp³-hybridized carbons (Fsp3) is 0.0833. The van der Waals surface area contributed by atoms with E-state index in [1.807, 2.05) is 0 Å². The van der Waals surface area contributed by atoms with Crippen LogP contribution in [0.3, 0.4) is 0 Å². The first-order chi connectivity index (χ1) is 7.57. The van der Waals surface area contributed by atoms with E-state index in [1.54, 1.807) is 24.4 Å². The molecular formula is C12H8F3N. The summed E-state index contributed by atoms with van der Waals surface area (Å²) in [6.45, 7) is 0. The monoisotopic (exact) mass is 223 g/mol. The molecular weight excluding hydrogens is 215 g/mol. The molecule has 2 aromatic rings. The van der Waals surface area contributed by atoms with Gasteiger partial charge in [-0.2, -0.15) is 13.2 Å². The first-order valence-corrected chi connectivity index (χ1v) is 4.65. The Morgan fingerprint density at radius 2 is 1.69 bits per heavy atom. The molecule has 0 aliphatic heterocycles. The first kappa shape index (κ1) is 10.7. The number of hydrogen-bond donors (Lipinski definition) is 0. The number of halogens is 3. The van der Waals surface area contributed by atoms with Gasteiger partial charge in [0, 0.05) is 18.0 Å². The highest BCUT2D eigenvalue weighted by molar-refractivity contribution is 5.63. The van der Waals surface area contributed by atoms with Crippen molar-refractivity contribution in [3.63, 3.8) is 0 Å². The van der Waals surface area contributed by atoms with Gasteiger partial charge in [0.1, 0.15) is 0 Å². The third-order valence-electron chi connectivity index (χ3n) is 2.18. The van der Waals surface area contributed by atoms with Crippen LogP contribution < -0.4 is 0 Å². The van der Waals surface area contributed by atoms with Crippen LogP contribution in [0.1, 0.15) is 5.56 Å². The van der Waals surface area contributed by atoms with Gasteiger partial charge in [-0.05, 0) is 23.8 Å². The van der Waals surface area contributed by atoms with E-state index in [1.165, 1.54) is 12.3 Å². The van der Waals surface area contributed by atoms with Gasteiger partial charge in [0.2, 0.25) is 0 Å². The topological polar surface area (TPSA) is 12.9 Å². The van der Waals surface area contributed by atoms with E-state index < -0.39 is 11.7 Å². The zero-order chi connectivity index (χ0) is 11.6. The number of hydrogen-bond acceptors (Lipinski definition) is 1. The Bertz CT molecular complexity index is 477. The summed E-state index contributed by atoms with van der Waals surface area (Å²) in [4.78, 5) is 3.87. The predicted molar refractivity (Wildman–Crippen MR) is 54.7 cm³/mol. The number of aromatic nitrogens is 1. The summed E-state index contributed by atoms with van der Waals surface area (Å²) in [5.41, 5.74) is 0.547. The summed E-state index contributed by atoms with van der Waals surface area (Å²) in [6, 6.07) is 8.62. The van der Waals surface area contributed by atoms with Gasteiger partial charge >= 0.3 is 6.18 Å². The zero-order valence-electron chi connectivity index (χ0n) is 8.20. The third-order valence-corrected chi connectivity index (χ3v) is 2.18. The highest BCUT2D eigenvalue weighted by atomic mass is 19.4. The van der Waals surface area contributed by atoms with Crippen molar-refractivity contribution in [2.45, 2.75) is 6.18 Å². The maximum atomic E-state index is 12.5. The average molecular weight is 223 g/mol. The summed E-state index contributed by atoms with van der Waals surface area (Å²) in [6.07, 6.45) is -1.19. The fourth-order valence-electron chi connectivity index (χ4n) is 1.41. The zero-order valence-corrected chi connectivity index (χ0v) is 8.20. The van der Waals surface area contributed by atoms with Crippen LogP contribution in [-0.2, 0) is 6.18 Å². The number of rotatable bonds is 1. The second-order valence-electron chi connectivity index (χ2n) is 3.32. The summed E-state index contributed by atoms with van der Waals surface area (Å²) in [5.74, 6) is 0. The van der Waals surface area contributed by atoms with Crippen molar-refractivity contribution >= 4 is 0 Å². The Kier molecular flexibility index (Phi) is 2.64. The predicted octanol–water partition coefficient (Wildman–Crippen LogP) is 3.77. The van der Waals surface area contributed by atoms with E-state index in [-0.39, 0.29) is 0 Å². The van der Waals surface area contributed by atoms with E-state index in [4.69, 9.17) is 0 Å². The Balaban J connectivity index is 2.45. The van der Waals surface area contributed by atoms with Crippen molar-refractivity contribution in [2.24, 2.45) is 0 Å². The summed E-state index contributed by atoms with van der Waals surface area (Å²) in [5, 5.41) is 0. The van der Waals surface area contributed by atoms with Crippen LogP contribution in [0.15, 0.2) is 48.8 Å². The normalized spacial score (nSPS) is 11.4. The highest BCUT2D eigenvalue weighted by Gasteiger charge is 2.30. The smallest absolute Gasteiger partial charge is 0.264 e. The molecule has 0 bridgehead atoms. The molecule has 4 heteroatoms. The van der Waals surface area contributed by atoms with E-state index in [0.29, 0.717) is 11.1 Å². The average Bonchev–Trinajstić information content (AvgIpc) is 2.29. The van der Waals surface area contributed by atoms with Gasteiger partial charge in [-0.25, -0.2) is 0 Å². The van der Waals surface area contributed by atoms with Gasteiger partial charge in [-0.1, -0.05) is 18.2 Å². The molecule has 0 aliphatic rings. The first-order valence-electron chi connectivity index (χ1n) is 4.65. The van der Waals surface area contributed by atoms with Crippen LogP contribution in [0, 0.1) is 0 Å². The standard InChI is InChI=1S/C12H8F3N/c13-12(14,15)11-5-1-3-9(7-11)10-4-2-6-16-8-10/h1-8H. The second kappa shape index (κ2) is 3.96. The molecule has 16 heavy (non-hydrogen) atoms. The van der Waals surface area contributed by atoms with Gasteiger partial charge < -0.3 is 0 Å². The van der Waals surface area contributed by atoms with Crippen LogP contribution in [-0.4, -0.2) is 4.98 Å². The Morgan fingerprint density at radius 1 is 0.938 bits per heavy atom. The quantitative estimate of drug-likeness (QED) is 0.717. The molecule has 0 atom stereocenters. The van der Waals surface area contributed by atoms with Crippen LogP contribution in [0.2, 0.25) is 0 Å². The number of benzene rings is 1. The lowest BCUT2D eigenvalue weighted by molar-refractivity contribution is -0.137. The van der Waals surface area contributed by atoms with E-state index >= 15 is 0 Å². The van der Waals surface area contributed by atoms with Crippen molar-refractivity contribution in [3.8, 4) is 11.1 Å². The molecule has 1 aromatic carbocycles. The molecule has 82 valence electrons. The Morgan fingerprint density at radius 3 is 2.31 bits per heavy atom. The Hall–Kier alpha value is -1.84. The molecule has 0 amide bonds. The van der Waals surface area contributed by atoms with E-state index in [2.05, 4.69) is 4.98 Å². The highest BCUT2D eigenvalue weighted by Crippen LogP contribution is 2.31. The van der Waals surface area contributed by atoms with Crippen LogP contribution in [0.4, 0.5) is 13.2 Å². The molecule has 0 saturated carbocycles. The molecule has 0 radical (unpaired) electrons. The van der Waals surface area contributed by atoms with Crippen molar-refractivity contribution in [3.05, 3.63) is 54.4 Å². The van der Waals surface area contributed by atoms with Gasteiger partial charge in [0.25, 0.3) is 0 Å². The minimum atomic E-state index is -4.31. The molecule has 0 fully saturated rings. The van der Waals surface area contributed by atoms with E-state index in [9.17, 15) is 13.2 Å². The number of pyridine rings is 1. The van der Waals surface area contributed by atoms with Gasteiger partial charge in [0.05, 0.1) is 5.56 Å². The second-order valence-corrected chi connectivity index (χ2v) is 3.32. The van der Waals surface area contributed by atoms with Crippen molar-refractivity contribution in [2.75, 3.05) is 0 Å². The fourth-order valence-corrected chi connectivity index (χ4v) is 1.41. The summed E-state index contributed by atoms with van der Waals surface area (Å²) in [7, 11) is 0. The Labute approximate surface area is 90.6 Å².